The average Bonchev–Trinajstić information content (AvgIpc) is 3.10. The first-order chi connectivity index (χ1) is 13.2. The van der Waals surface area contributed by atoms with Crippen molar-refractivity contribution < 1.29 is 9.53 Å². The molecule has 154 valence electrons. The Bertz CT molecular complexity index is 757. The van der Waals surface area contributed by atoms with Crippen molar-refractivity contribution in [3.63, 3.8) is 0 Å². The van der Waals surface area contributed by atoms with Crippen LogP contribution >= 0.6 is 24.0 Å². The fourth-order valence-corrected chi connectivity index (χ4v) is 3.60. The van der Waals surface area contributed by atoms with Gasteiger partial charge in [0.2, 0.25) is 0 Å². The molecule has 0 amide bonds. The lowest BCUT2D eigenvalue weighted by Crippen LogP contribution is -2.48. The van der Waals surface area contributed by atoms with E-state index in [1.165, 1.54) is 11.1 Å². The van der Waals surface area contributed by atoms with Crippen LogP contribution in [0.5, 0.6) is 0 Å². The molecule has 3 rings (SSSR count). The number of fused-ring (bicyclic) bond motifs is 1. The number of halogens is 1. The van der Waals surface area contributed by atoms with Crippen LogP contribution in [-0.4, -0.2) is 54.6 Å². The molecule has 2 N–H and O–H groups in total. The van der Waals surface area contributed by atoms with Crippen LogP contribution in [-0.2, 0) is 16.0 Å². The Labute approximate surface area is 184 Å². The Morgan fingerprint density at radius 2 is 2.18 bits per heavy atom. The zero-order valence-corrected chi connectivity index (χ0v) is 19.1. The summed E-state index contributed by atoms with van der Waals surface area (Å²) >= 11 is 0. The fourth-order valence-electron chi connectivity index (χ4n) is 3.60. The van der Waals surface area contributed by atoms with Crippen molar-refractivity contribution >= 4 is 46.8 Å². The van der Waals surface area contributed by atoms with Gasteiger partial charge in [0.15, 0.2) is 5.96 Å². The summed E-state index contributed by atoms with van der Waals surface area (Å²) < 4.78 is 5.21. The predicted molar refractivity (Wildman–Crippen MR) is 124 cm³/mol. The molecule has 1 aromatic carbocycles. The van der Waals surface area contributed by atoms with E-state index in [0.717, 1.165) is 43.8 Å². The van der Waals surface area contributed by atoms with Crippen LogP contribution in [0.3, 0.4) is 0 Å². The lowest BCUT2D eigenvalue weighted by Gasteiger charge is -2.34. The molecule has 0 unspecified atom stereocenters. The van der Waals surface area contributed by atoms with Gasteiger partial charge in [-0.1, -0.05) is 18.2 Å². The largest absolute Gasteiger partial charge is 0.466 e. The monoisotopic (exact) mass is 498 g/mol. The molecule has 2 heterocycles. The van der Waals surface area contributed by atoms with Gasteiger partial charge < -0.3 is 19.9 Å². The first-order valence-electron chi connectivity index (χ1n) is 9.97. The number of ether oxygens (including phenoxy) is 1. The summed E-state index contributed by atoms with van der Waals surface area (Å²) in [6, 6.07) is 10.5. The van der Waals surface area contributed by atoms with Crippen LogP contribution in [0.2, 0.25) is 0 Å². The van der Waals surface area contributed by atoms with E-state index in [0.29, 0.717) is 19.7 Å². The van der Waals surface area contributed by atoms with Crippen LogP contribution in [0, 0.1) is 5.92 Å². The van der Waals surface area contributed by atoms with Crippen LogP contribution < -0.4 is 5.32 Å². The Kier molecular flexibility index (Phi) is 9.08. The second-order valence-electron chi connectivity index (χ2n) is 6.90. The number of aromatic nitrogens is 1. The molecule has 6 nitrogen and oxygen atoms in total. The van der Waals surface area contributed by atoms with Crippen LogP contribution in [0.4, 0.5) is 0 Å². The first-order valence-corrected chi connectivity index (χ1v) is 9.97. The molecule has 1 atom stereocenters. The molecular weight excluding hydrogens is 467 g/mol. The highest BCUT2D eigenvalue weighted by Crippen LogP contribution is 2.18. The number of piperidine rings is 1. The molecule has 28 heavy (non-hydrogen) atoms. The fraction of sp³-hybridized carbons (Fsp3) is 0.524. The summed E-state index contributed by atoms with van der Waals surface area (Å²) in [6.07, 6.45) is 2.73. The molecule has 1 aromatic heterocycles. The quantitative estimate of drug-likeness (QED) is 0.277. The topological polar surface area (TPSA) is 69.7 Å². The summed E-state index contributed by atoms with van der Waals surface area (Å²) in [5, 5.41) is 4.60. The number of H-pyrrole nitrogens is 1. The highest BCUT2D eigenvalue weighted by molar-refractivity contribution is 14.0. The lowest BCUT2D eigenvalue weighted by molar-refractivity contribution is -0.149. The molecule has 1 saturated heterocycles. The van der Waals surface area contributed by atoms with E-state index in [4.69, 9.17) is 9.73 Å². The second kappa shape index (κ2) is 11.3. The van der Waals surface area contributed by atoms with Crippen molar-refractivity contribution in [2.75, 3.05) is 32.8 Å². The van der Waals surface area contributed by atoms with E-state index in [2.05, 4.69) is 46.4 Å². The molecule has 0 saturated carbocycles. The Morgan fingerprint density at radius 1 is 1.36 bits per heavy atom. The van der Waals surface area contributed by atoms with Gasteiger partial charge in [0.25, 0.3) is 0 Å². The Morgan fingerprint density at radius 3 is 2.93 bits per heavy atom. The second-order valence-corrected chi connectivity index (χ2v) is 6.90. The number of guanidine groups is 1. The van der Waals surface area contributed by atoms with Gasteiger partial charge >= 0.3 is 5.97 Å². The van der Waals surface area contributed by atoms with E-state index in [1.54, 1.807) is 0 Å². The maximum atomic E-state index is 12.1. The number of aromatic amines is 1. The number of nitrogens with zero attached hydrogens (tertiary/aromatic N) is 2. The summed E-state index contributed by atoms with van der Waals surface area (Å²) in [5.74, 6) is 0.745. The molecule has 1 fully saturated rings. The number of carbonyl (C=O) groups excluding carboxylic acids is 1. The minimum absolute atomic E-state index is 0. The van der Waals surface area contributed by atoms with Gasteiger partial charge in [0.1, 0.15) is 0 Å². The van der Waals surface area contributed by atoms with E-state index in [9.17, 15) is 4.79 Å². The molecule has 0 spiro atoms. The standard InChI is InChI=1S/C21H30N4O2.HI/c1-3-22-21(25-13-7-9-17(15-25)20(26)27-4-2)23-12-11-18-14-16-8-5-6-10-19(16)24-18;/h5-6,8,10,14,17,24H,3-4,7,9,11-13,15H2,1-2H3,(H,22,23);1H/t17-;/m1./s1. The third kappa shape index (κ3) is 5.86. The van der Waals surface area contributed by atoms with Gasteiger partial charge in [-0.05, 0) is 44.2 Å². The lowest BCUT2D eigenvalue weighted by atomic mass is 9.98. The smallest absolute Gasteiger partial charge is 0.310 e. The Hall–Kier alpha value is -1.77. The number of para-hydroxylation sites is 1. The highest BCUT2D eigenvalue weighted by atomic mass is 127. The first kappa shape index (κ1) is 22.5. The van der Waals surface area contributed by atoms with Gasteiger partial charge in [-0.2, -0.15) is 0 Å². The molecule has 1 aliphatic heterocycles. The summed E-state index contributed by atoms with van der Waals surface area (Å²) in [5.41, 5.74) is 2.36. The minimum Gasteiger partial charge on any atom is -0.466 e. The average molecular weight is 498 g/mol. The summed E-state index contributed by atoms with van der Waals surface area (Å²) in [4.78, 5) is 22.5. The highest BCUT2D eigenvalue weighted by Gasteiger charge is 2.28. The molecule has 2 aromatic rings. The van der Waals surface area contributed by atoms with Gasteiger partial charge in [-0.25, -0.2) is 0 Å². The number of benzene rings is 1. The van der Waals surface area contributed by atoms with Crippen molar-refractivity contribution in [1.29, 1.82) is 0 Å². The summed E-state index contributed by atoms with van der Waals surface area (Å²) in [6.45, 7) is 7.48. The third-order valence-electron chi connectivity index (χ3n) is 4.90. The van der Waals surface area contributed by atoms with Crippen LogP contribution in [0.1, 0.15) is 32.4 Å². The van der Waals surface area contributed by atoms with Gasteiger partial charge in [-0.3, -0.25) is 9.79 Å². The molecule has 0 aliphatic carbocycles. The molecule has 0 radical (unpaired) electrons. The van der Waals surface area contributed by atoms with Crippen molar-refractivity contribution in [2.45, 2.75) is 33.1 Å². The molecule has 1 aliphatic rings. The maximum absolute atomic E-state index is 12.1. The zero-order chi connectivity index (χ0) is 19.1. The van der Waals surface area contributed by atoms with Crippen LogP contribution in [0.25, 0.3) is 10.9 Å². The maximum Gasteiger partial charge on any atom is 0.310 e. The number of nitrogens with one attached hydrogen (secondary N) is 2. The molecular formula is C21H31IN4O2. The number of rotatable bonds is 6. The summed E-state index contributed by atoms with van der Waals surface area (Å²) in [7, 11) is 0. The number of hydrogen-bond acceptors (Lipinski definition) is 3. The van der Waals surface area contributed by atoms with Gasteiger partial charge in [0.05, 0.1) is 12.5 Å². The van der Waals surface area contributed by atoms with Crippen LogP contribution in [0.15, 0.2) is 35.3 Å². The van der Waals surface area contributed by atoms with Crippen molar-refractivity contribution in [2.24, 2.45) is 10.9 Å². The number of carbonyl (C=O) groups is 1. The number of aliphatic imine (C=N–C) groups is 1. The van der Waals surface area contributed by atoms with E-state index in [1.807, 2.05) is 13.0 Å². The van der Waals surface area contributed by atoms with E-state index < -0.39 is 0 Å². The van der Waals surface area contributed by atoms with Crippen molar-refractivity contribution in [1.82, 2.24) is 15.2 Å². The van der Waals surface area contributed by atoms with Gasteiger partial charge in [-0.15, -0.1) is 24.0 Å². The molecule has 7 heteroatoms. The Balaban J connectivity index is 0.00000280. The zero-order valence-electron chi connectivity index (χ0n) is 16.7. The van der Waals surface area contributed by atoms with E-state index in [-0.39, 0.29) is 35.9 Å². The van der Waals surface area contributed by atoms with Gasteiger partial charge in [0, 0.05) is 43.8 Å². The SMILES string of the molecule is CCNC(=NCCc1cc2ccccc2[nH]1)N1CCC[C@@H](C(=O)OCC)C1.I. The normalized spacial score (nSPS) is 17.3. The predicted octanol–water partition coefficient (Wildman–Crippen LogP) is 3.57. The third-order valence-corrected chi connectivity index (χ3v) is 4.90. The van der Waals surface area contributed by atoms with E-state index >= 15 is 0 Å². The molecule has 0 bridgehead atoms. The van der Waals surface area contributed by atoms with Crippen molar-refractivity contribution in [3.05, 3.63) is 36.0 Å². The number of hydrogen-bond donors (Lipinski definition) is 2. The number of likely N-dealkylation sites (tertiary alicyclic amines) is 1. The minimum atomic E-state index is -0.0869. The number of esters is 1. The van der Waals surface area contributed by atoms with Crippen molar-refractivity contribution in [3.8, 4) is 0 Å².